The minimum atomic E-state index is 0.696. The van der Waals surface area contributed by atoms with Gasteiger partial charge in [0.1, 0.15) is 5.69 Å². The van der Waals surface area contributed by atoms with Crippen molar-refractivity contribution in [3.8, 4) is 11.4 Å². The maximum atomic E-state index is 4.63. The number of fused-ring (bicyclic) bond motifs is 2. The van der Waals surface area contributed by atoms with E-state index in [0.29, 0.717) is 5.82 Å². The molecule has 2 N–H and O–H groups in total. The first-order valence-corrected chi connectivity index (χ1v) is 9.92. The molecular formula is C24H29N5. The highest BCUT2D eigenvalue weighted by Gasteiger charge is 2.10. The summed E-state index contributed by atoms with van der Waals surface area (Å²) < 4.78 is 1.82. The quantitative estimate of drug-likeness (QED) is 0.379. The third-order valence-electron chi connectivity index (χ3n) is 3.89. The summed E-state index contributed by atoms with van der Waals surface area (Å²) in [6.45, 7) is 15.6. The lowest BCUT2D eigenvalue weighted by molar-refractivity contribution is 0.943. The number of aromatic nitrogens is 4. The number of imidazole rings is 1. The zero-order chi connectivity index (χ0) is 21.2. The third-order valence-corrected chi connectivity index (χ3v) is 3.89. The van der Waals surface area contributed by atoms with Crippen LogP contribution in [-0.4, -0.2) is 19.6 Å². The molecule has 1 aromatic carbocycles. The number of para-hydroxylation sites is 1. The van der Waals surface area contributed by atoms with E-state index in [1.807, 2.05) is 74.8 Å². The van der Waals surface area contributed by atoms with Gasteiger partial charge in [0.15, 0.2) is 11.5 Å². The van der Waals surface area contributed by atoms with E-state index in [2.05, 4.69) is 51.7 Å². The van der Waals surface area contributed by atoms with Crippen molar-refractivity contribution < 1.29 is 0 Å². The fraction of sp³-hybridized carbons (Fsp3) is 0.167. The van der Waals surface area contributed by atoms with Crippen LogP contribution < -0.4 is 5.32 Å². The highest BCUT2D eigenvalue weighted by Crippen LogP contribution is 2.24. The molecule has 0 unspecified atom stereocenters. The lowest BCUT2D eigenvalue weighted by Crippen LogP contribution is -2.02. The minimum absolute atomic E-state index is 0.696. The standard InChI is InChI=1S/C20H17N5.2C2H6/c1-3-4-7-14(2)22-19-10-11-20-21-13-18(25(20)24-19)17-12-15-8-5-6-9-16(15)23-17;2*1-2/h3-13,23H,1-2H2,(H,22,24);2*1-2H3/b7-4-;;. The zero-order valence-electron chi connectivity index (χ0n) is 17.6. The van der Waals surface area contributed by atoms with Crippen LogP contribution in [0.1, 0.15) is 27.7 Å². The summed E-state index contributed by atoms with van der Waals surface area (Å²) in [6, 6.07) is 14.1. The number of allylic oxidation sites excluding steroid dienone is 3. The summed E-state index contributed by atoms with van der Waals surface area (Å²) in [6.07, 6.45) is 7.18. The number of benzene rings is 1. The van der Waals surface area contributed by atoms with Crippen LogP contribution in [0.15, 0.2) is 85.7 Å². The Morgan fingerprint density at radius 3 is 2.59 bits per heavy atom. The average molecular weight is 388 g/mol. The number of hydrogen-bond donors (Lipinski definition) is 2. The van der Waals surface area contributed by atoms with Crippen LogP contribution in [0.3, 0.4) is 0 Å². The van der Waals surface area contributed by atoms with Gasteiger partial charge in [-0.05, 0) is 30.3 Å². The Bertz CT molecular complexity index is 1080. The second-order valence-electron chi connectivity index (χ2n) is 5.65. The SMILES string of the molecule is C=C/C=C\C(=C)Nc1ccc2ncc(-c3cc4ccccc4[nH]3)n2n1.CC.CC. The molecule has 29 heavy (non-hydrogen) atoms. The molecule has 3 heterocycles. The molecule has 150 valence electrons. The molecule has 4 rings (SSSR count). The van der Waals surface area contributed by atoms with E-state index in [0.717, 1.165) is 33.6 Å². The van der Waals surface area contributed by atoms with Gasteiger partial charge in [0.2, 0.25) is 0 Å². The van der Waals surface area contributed by atoms with Crippen molar-refractivity contribution in [3.63, 3.8) is 0 Å². The molecule has 0 radical (unpaired) electrons. The Balaban J connectivity index is 0.000000707. The summed E-state index contributed by atoms with van der Waals surface area (Å²) in [7, 11) is 0. The Kier molecular flexibility index (Phi) is 7.98. The first-order chi connectivity index (χ1) is 14.2. The van der Waals surface area contributed by atoms with E-state index < -0.39 is 0 Å². The van der Waals surface area contributed by atoms with Gasteiger partial charge in [-0.25, -0.2) is 9.50 Å². The highest BCUT2D eigenvalue weighted by molar-refractivity contribution is 5.85. The topological polar surface area (TPSA) is 58.0 Å². The smallest absolute Gasteiger partial charge is 0.154 e. The van der Waals surface area contributed by atoms with Gasteiger partial charge in [-0.1, -0.05) is 71.2 Å². The Labute approximate surface area is 172 Å². The van der Waals surface area contributed by atoms with Gasteiger partial charge in [0, 0.05) is 16.6 Å². The van der Waals surface area contributed by atoms with E-state index in [9.17, 15) is 0 Å². The summed E-state index contributed by atoms with van der Waals surface area (Å²) in [4.78, 5) is 7.86. The van der Waals surface area contributed by atoms with Gasteiger partial charge in [-0.15, -0.1) is 5.10 Å². The van der Waals surface area contributed by atoms with Crippen LogP contribution in [0.2, 0.25) is 0 Å². The fourth-order valence-corrected chi connectivity index (χ4v) is 2.73. The Morgan fingerprint density at radius 1 is 1.10 bits per heavy atom. The van der Waals surface area contributed by atoms with Crippen molar-refractivity contribution in [3.05, 3.63) is 85.7 Å². The first kappa shape index (κ1) is 21.7. The number of H-pyrrole nitrogens is 1. The van der Waals surface area contributed by atoms with Crippen LogP contribution in [-0.2, 0) is 0 Å². The van der Waals surface area contributed by atoms with Gasteiger partial charge in [-0.3, -0.25) is 0 Å². The van der Waals surface area contributed by atoms with Crippen LogP contribution in [0.5, 0.6) is 0 Å². The number of rotatable bonds is 5. The van der Waals surface area contributed by atoms with Crippen molar-refractivity contribution >= 4 is 22.4 Å². The van der Waals surface area contributed by atoms with E-state index in [-0.39, 0.29) is 0 Å². The maximum Gasteiger partial charge on any atom is 0.154 e. The molecule has 0 aliphatic heterocycles. The number of hydrogen-bond acceptors (Lipinski definition) is 3. The monoisotopic (exact) mass is 387 g/mol. The van der Waals surface area contributed by atoms with Gasteiger partial charge in [-0.2, -0.15) is 0 Å². The Morgan fingerprint density at radius 2 is 1.86 bits per heavy atom. The average Bonchev–Trinajstić information content (AvgIpc) is 3.38. The van der Waals surface area contributed by atoms with Crippen molar-refractivity contribution in [2.45, 2.75) is 27.7 Å². The molecule has 0 fully saturated rings. The summed E-state index contributed by atoms with van der Waals surface area (Å²) in [5.74, 6) is 0.696. The molecule has 0 amide bonds. The van der Waals surface area contributed by atoms with E-state index in [4.69, 9.17) is 0 Å². The van der Waals surface area contributed by atoms with Crippen LogP contribution in [0, 0.1) is 0 Å². The van der Waals surface area contributed by atoms with Crippen molar-refractivity contribution in [1.82, 2.24) is 19.6 Å². The second kappa shape index (κ2) is 10.7. The number of anilines is 1. The molecule has 0 atom stereocenters. The number of aromatic amines is 1. The van der Waals surface area contributed by atoms with E-state index in [1.54, 1.807) is 6.08 Å². The molecular weight excluding hydrogens is 358 g/mol. The predicted molar refractivity (Wildman–Crippen MR) is 125 cm³/mol. The Hall–Kier alpha value is -3.60. The van der Waals surface area contributed by atoms with Crippen LogP contribution in [0.25, 0.3) is 27.9 Å². The predicted octanol–water partition coefficient (Wildman–Crippen LogP) is 6.60. The molecule has 0 saturated heterocycles. The minimum Gasteiger partial charge on any atom is -0.353 e. The van der Waals surface area contributed by atoms with Crippen LogP contribution in [0.4, 0.5) is 5.82 Å². The van der Waals surface area contributed by atoms with Gasteiger partial charge >= 0.3 is 0 Å². The van der Waals surface area contributed by atoms with E-state index in [1.165, 1.54) is 0 Å². The molecule has 0 bridgehead atoms. The molecule has 0 saturated carbocycles. The summed E-state index contributed by atoms with van der Waals surface area (Å²) in [5, 5.41) is 8.95. The number of nitrogens with zero attached hydrogens (tertiary/aromatic N) is 3. The van der Waals surface area contributed by atoms with Crippen LogP contribution >= 0.6 is 0 Å². The molecule has 0 spiro atoms. The van der Waals surface area contributed by atoms with Gasteiger partial charge in [0.25, 0.3) is 0 Å². The lowest BCUT2D eigenvalue weighted by Gasteiger charge is -2.06. The molecule has 5 nitrogen and oxygen atoms in total. The van der Waals surface area contributed by atoms with Crippen molar-refractivity contribution in [2.75, 3.05) is 5.32 Å². The highest BCUT2D eigenvalue weighted by atomic mass is 15.3. The maximum absolute atomic E-state index is 4.63. The number of nitrogens with one attached hydrogen (secondary N) is 2. The third kappa shape index (κ3) is 5.02. The first-order valence-electron chi connectivity index (χ1n) is 9.92. The largest absolute Gasteiger partial charge is 0.353 e. The second-order valence-corrected chi connectivity index (χ2v) is 5.65. The van der Waals surface area contributed by atoms with Gasteiger partial charge < -0.3 is 10.3 Å². The summed E-state index contributed by atoms with van der Waals surface area (Å²) >= 11 is 0. The van der Waals surface area contributed by atoms with E-state index >= 15 is 0 Å². The lowest BCUT2D eigenvalue weighted by atomic mass is 10.2. The fourth-order valence-electron chi connectivity index (χ4n) is 2.73. The van der Waals surface area contributed by atoms with Gasteiger partial charge in [0.05, 0.1) is 11.9 Å². The molecule has 0 aliphatic rings. The van der Waals surface area contributed by atoms with Crippen molar-refractivity contribution in [1.29, 1.82) is 0 Å². The molecule has 0 aliphatic carbocycles. The normalized spacial score (nSPS) is 10.2. The molecule has 4 aromatic rings. The molecule has 5 heteroatoms. The molecule has 3 aromatic heterocycles. The van der Waals surface area contributed by atoms with Crippen molar-refractivity contribution in [2.24, 2.45) is 0 Å². The summed E-state index contributed by atoms with van der Waals surface area (Å²) in [5.41, 5.74) is 4.49. The zero-order valence-corrected chi connectivity index (χ0v) is 17.6.